The number of unbranched alkanes of at least 4 members (excludes halogenated alkanes) is 1. The smallest absolute Gasteiger partial charge is 0.314 e. The van der Waals surface area contributed by atoms with Gasteiger partial charge in [0.05, 0.1) is 0 Å². The number of piperidine rings is 1. The molecule has 1 rings (SSSR count). The molecule has 120 valence electrons. The van der Waals surface area contributed by atoms with Crippen molar-refractivity contribution in [1.82, 2.24) is 10.2 Å². The van der Waals surface area contributed by atoms with Gasteiger partial charge in [-0.25, -0.2) is 0 Å². The van der Waals surface area contributed by atoms with E-state index in [9.17, 15) is 13.2 Å². The van der Waals surface area contributed by atoms with Gasteiger partial charge in [0.15, 0.2) is 0 Å². The summed E-state index contributed by atoms with van der Waals surface area (Å²) in [7, 11) is 0. The molecule has 5 heteroatoms. The second-order valence-corrected chi connectivity index (χ2v) is 6.02. The van der Waals surface area contributed by atoms with E-state index in [0.717, 1.165) is 13.1 Å². The van der Waals surface area contributed by atoms with Gasteiger partial charge in [0.1, 0.15) is 0 Å². The van der Waals surface area contributed by atoms with Gasteiger partial charge in [0.25, 0.3) is 0 Å². The van der Waals surface area contributed by atoms with Gasteiger partial charge in [-0.1, -0.05) is 6.92 Å². The predicted molar refractivity (Wildman–Crippen MR) is 76.8 cm³/mol. The number of rotatable bonds is 8. The molecule has 0 saturated carbocycles. The Kier molecular flexibility index (Phi) is 7.88. The van der Waals surface area contributed by atoms with E-state index in [1.54, 1.807) is 0 Å². The highest BCUT2D eigenvalue weighted by Gasteiger charge is 2.26. The van der Waals surface area contributed by atoms with Crippen LogP contribution in [0.3, 0.4) is 0 Å². The van der Waals surface area contributed by atoms with Gasteiger partial charge in [0, 0.05) is 19.0 Å². The van der Waals surface area contributed by atoms with Gasteiger partial charge in [-0.15, -0.1) is 0 Å². The fourth-order valence-corrected chi connectivity index (χ4v) is 2.97. The van der Waals surface area contributed by atoms with Gasteiger partial charge in [-0.05, 0) is 64.6 Å². The van der Waals surface area contributed by atoms with Crippen molar-refractivity contribution in [2.45, 2.75) is 64.6 Å². The Bertz CT molecular complexity index is 254. The van der Waals surface area contributed by atoms with E-state index in [4.69, 9.17) is 0 Å². The highest BCUT2D eigenvalue weighted by atomic mass is 19.4. The molecule has 0 spiro atoms. The molecule has 1 fully saturated rings. The van der Waals surface area contributed by atoms with Crippen LogP contribution in [0.15, 0.2) is 0 Å². The van der Waals surface area contributed by atoms with Crippen molar-refractivity contribution in [2.75, 3.05) is 26.2 Å². The maximum Gasteiger partial charge on any atom is 0.389 e. The molecule has 0 amide bonds. The van der Waals surface area contributed by atoms with Crippen molar-refractivity contribution in [3.05, 3.63) is 0 Å². The molecular formula is C15H29F3N2. The largest absolute Gasteiger partial charge is 0.389 e. The Morgan fingerprint density at radius 1 is 1.30 bits per heavy atom. The fourth-order valence-electron chi connectivity index (χ4n) is 2.97. The summed E-state index contributed by atoms with van der Waals surface area (Å²) in [4.78, 5) is 2.51. The molecule has 2 nitrogen and oxygen atoms in total. The monoisotopic (exact) mass is 294 g/mol. The average Bonchev–Trinajstić information content (AvgIpc) is 2.37. The molecular weight excluding hydrogens is 265 g/mol. The maximum absolute atomic E-state index is 12.0. The van der Waals surface area contributed by atoms with Crippen LogP contribution in [0, 0.1) is 5.92 Å². The summed E-state index contributed by atoms with van der Waals surface area (Å²) in [6.45, 7) is 8.55. The summed E-state index contributed by atoms with van der Waals surface area (Å²) in [6.07, 6.45) is -0.162. The van der Waals surface area contributed by atoms with Crippen molar-refractivity contribution >= 4 is 0 Å². The highest BCUT2D eigenvalue weighted by Crippen LogP contribution is 2.22. The normalized spacial score (nSPS) is 22.9. The minimum absolute atomic E-state index is 0.232. The minimum Gasteiger partial charge on any atom is -0.314 e. The molecule has 2 unspecified atom stereocenters. The first-order valence-corrected chi connectivity index (χ1v) is 7.95. The lowest BCUT2D eigenvalue weighted by Crippen LogP contribution is -2.44. The first-order valence-electron chi connectivity index (χ1n) is 7.95. The van der Waals surface area contributed by atoms with Crippen molar-refractivity contribution in [2.24, 2.45) is 5.92 Å². The third kappa shape index (κ3) is 7.48. The van der Waals surface area contributed by atoms with Gasteiger partial charge < -0.3 is 10.2 Å². The molecule has 1 saturated heterocycles. The van der Waals surface area contributed by atoms with Crippen LogP contribution in [-0.4, -0.2) is 43.3 Å². The second kappa shape index (κ2) is 8.88. The first kappa shape index (κ1) is 17.8. The van der Waals surface area contributed by atoms with E-state index in [0.29, 0.717) is 24.9 Å². The maximum atomic E-state index is 12.0. The SMILES string of the molecule is CCCN1CCCC(C(C)NCCCCC(F)(F)F)C1. The van der Waals surface area contributed by atoms with Crippen LogP contribution < -0.4 is 5.32 Å². The number of nitrogens with one attached hydrogen (secondary N) is 1. The van der Waals surface area contributed by atoms with Crippen LogP contribution in [0.25, 0.3) is 0 Å². The Hall–Kier alpha value is -0.290. The number of hydrogen-bond donors (Lipinski definition) is 1. The van der Waals surface area contributed by atoms with Crippen molar-refractivity contribution in [3.63, 3.8) is 0 Å². The van der Waals surface area contributed by atoms with E-state index in [-0.39, 0.29) is 6.42 Å². The number of halogens is 3. The Balaban J connectivity index is 2.14. The van der Waals surface area contributed by atoms with Crippen molar-refractivity contribution < 1.29 is 13.2 Å². The molecule has 0 aromatic carbocycles. The number of likely N-dealkylation sites (tertiary alicyclic amines) is 1. The predicted octanol–water partition coefficient (Wildman–Crippen LogP) is 3.82. The summed E-state index contributed by atoms with van der Waals surface area (Å²) in [5.74, 6) is 0.637. The quantitative estimate of drug-likeness (QED) is 0.685. The van der Waals surface area contributed by atoms with Crippen molar-refractivity contribution in [3.8, 4) is 0 Å². The van der Waals surface area contributed by atoms with E-state index in [2.05, 4.69) is 24.1 Å². The second-order valence-electron chi connectivity index (χ2n) is 6.02. The van der Waals surface area contributed by atoms with Crippen LogP contribution in [0.4, 0.5) is 13.2 Å². The molecule has 0 aliphatic carbocycles. The lowest BCUT2D eigenvalue weighted by molar-refractivity contribution is -0.135. The third-order valence-corrected chi connectivity index (χ3v) is 4.14. The van der Waals surface area contributed by atoms with Crippen molar-refractivity contribution in [1.29, 1.82) is 0 Å². The van der Waals surface area contributed by atoms with Crippen LogP contribution >= 0.6 is 0 Å². The molecule has 1 N–H and O–H groups in total. The van der Waals surface area contributed by atoms with E-state index in [1.807, 2.05) is 0 Å². The Labute approximate surface area is 121 Å². The standard InChI is InChI=1S/C15H29F3N2/c1-3-10-20-11-6-7-14(12-20)13(2)19-9-5-4-8-15(16,17)18/h13-14,19H,3-12H2,1-2H3. The molecule has 0 aromatic heterocycles. The first-order chi connectivity index (χ1) is 9.42. The van der Waals surface area contributed by atoms with Gasteiger partial charge in [-0.2, -0.15) is 13.2 Å². The summed E-state index contributed by atoms with van der Waals surface area (Å²) >= 11 is 0. The summed E-state index contributed by atoms with van der Waals surface area (Å²) in [5.41, 5.74) is 0. The van der Waals surface area contributed by atoms with Crippen LogP contribution in [-0.2, 0) is 0 Å². The Morgan fingerprint density at radius 2 is 2.05 bits per heavy atom. The van der Waals surface area contributed by atoms with Crippen LogP contribution in [0.5, 0.6) is 0 Å². The van der Waals surface area contributed by atoms with E-state index in [1.165, 1.54) is 25.8 Å². The molecule has 0 radical (unpaired) electrons. The zero-order chi connectivity index (χ0) is 15.0. The molecule has 20 heavy (non-hydrogen) atoms. The summed E-state index contributed by atoms with van der Waals surface area (Å²) in [5, 5.41) is 3.41. The minimum atomic E-state index is -4.00. The van der Waals surface area contributed by atoms with Crippen LogP contribution in [0.1, 0.15) is 52.4 Å². The molecule has 0 aromatic rings. The lowest BCUT2D eigenvalue weighted by Gasteiger charge is -2.36. The number of nitrogens with zero attached hydrogens (tertiary/aromatic N) is 1. The molecule has 1 aliphatic rings. The van der Waals surface area contributed by atoms with Gasteiger partial charge in [0.2, 0.25) is 0 Å². The van der Waals surface area contributed by atoms with Gasteiger partial charge in [-0.3, -0.25) is 0 Å². The van der Waals surface area contributed by atoms with E-state index < -0.39 is 12.6 Å². The topological polar surface area (TPSA) is 15.3 Å². The molecule has 1 aliphatic heterocycles. The lowest BCUT2D eigenvalue weighted by atomic mass is 9.91. The zero-order valence-corrected chi connectivity index (χ0v) is 12.8. The number of hydrogen-bond acceptors (Lipinski definition) is 2. The number of alkyl halides is 3. The fraction of sp³-hybridized carbons (Fsp3) is 1.00. The molecule has 1 heterocycles. The highest BCUT2D eigenvalue weighted by molar-refractivity contribution is 4.80. The zero-order valence-electron chi connectivity index (χ0n) is 12.8. The third-order valence-electron chi connectivity index (χ3n) is 4.14. The van der Waals surface area contributed by atoms with Gasteiger partial charge >= 0.3 is 6.18 Å². The summed E-state index contributed by atoms with van der Waals surface area (Å²) in [6, 6.07) is 0.403. The van der Waals surface area contributed by atoms with Crippen LogP contribution in [0.2, 0.25) is 0 Å². The molecule has 2 atom stereocenters. The molecule has 0 bridgehead atoms. The average molecular weight is 294 g/mol. The van der Waals surface area contributed by atoms with E-state index >= 15 is 0 Å². The Morgan fingerprint density at radius 3 is 2.70 bits per heavy atom. The summed E-state index contributed by atoms with van der Waals surface area (Å²) < 4.78 is 36.1.